The SMILES string of the molecule is C[C@H]1CC=C(C[C@H]2OC(C)(C)OC[C@H]2CO[Si](C)(C)C(C)(C)C)CC1. The van der Waals surface area contributed by atoms with E-state index in [9.17, 15) is 0 Å². The molecule has 0 amide bonds. The molecular weight excluding hydrogens is 328 g/mol. The maximum absolute atomic E-state index is 6.50. The molecule has 2 aliphatic rings. The van der Waals surface area contributed by atoms with Crippen molar-refractivity contribution >= 4 is 8.32 Å². The van der Waals surface area contributed by atoms with Gasteiger partial charge in [0.05, 0.1) is 12.7 Å². The first kappa shape index (κ1) is 21.1. The highest BCUT2D eigenvalue weighted by atomic mass is 28.4. The Morgan fingerprint density at radius 2 is 1.96 bits per heavy atom. The maximum Gasteiger partial charge on any atom is 0.191 e. The van der Waals surface area contributed by atoms with E-state index in [-0.39, 0.29) is 11.1 Å². The first-order chi connectivity index (χ1) is 11.4. The summed E-state index contributed by atoms with van der Waals surface area (Å²) in [6.07, 6.45) is 7.43. The molecule has 1 heterocycles. The van der Waals surface area contributed by atoms with Crippen molar-refractivity contribution in [1.82, 2.24) is 0 Å². The summed E-state index contributed by atoms with van der Waals surface area (Å²) in [5, 5.41) is 0.236. The van der Waals surface area contributed by atoms with Gasteiger partial charge in [-0.1, -0.05) is 39.3 Å². The molecule has 1 aliphatic heterocycles. The first-order valence-electron chi connectivity index (χ1n) is 10.0. The van der Waals surface area contributed by atoms with Gasteiger partial charge in [0, 0.05) is 12.5 Å². The fraction of sp³-hybridized carbons (Fsp3) is 0.905. The van der Waals surface area contributed by atoms with E-state index in [0.717, 1.165) is 25.6 Å². The molecule has 0 N–H and O–H groups in total. The summed E-state index contributed by atoms with van der Waals surface area (Å²) < 4.78 is 18.8. The zero-order chi connectivity index (χ0) is 18.9. The van der Waals surface area contributed by atoms with Crippen molar-refractivity contribution in [3.05, 3.63) is 11.6 Å². The lowest BCUT2D eigenvalue weighted by molar-refractivity contribution is -0.295. The molecule has 4 heteroatoms. The van der Waals surface area contributed by atoms with Gasteiger partial charge in [0.15, 0.2) is 14.1 Å². The molecule has 0 radical (unpaired) electrons. The van der Waals surface area contributed by atoms with E-state index < -0.39 is 14.1 Å². The fourth-order valence-corrected chi connectivity index (χ4v) is 4.33. The molecule has 2 rings (SSSR count). The molecule has 1 saturated heterocycles. The highest BCUT2D eigenvalue weighted by molar-refractivity contribution is 6.74. The molecule has 1 fully saturated rings. The third-order valence-corrected chi connectivity index (χ3v) is 10.8. The Labute approximate surface area is 156 Å². The van der Waals surface area contributed by atoms with E-state index in [2.05, 4.69) is 46.9 Å². The Balaban J connectivity index is 2.01. The molecule has 0 saturated carbocycles. The van der Waals surface area contributed by atoms with Crippen molar-refractivity contribution in [2.45, 2.75) is 97.2 Å². The van der Waals surface area contributed by atoms with Gasteiger partial charge in [-0.05, 0) is 63.6 Å². The van der Waals surface area contributed by atoms with E-state index in [1.165, 1.54) is 19.3 Å². The van der Waals surface area contributed by atoms with Crippen LogP contribution in [0.25, 0.3) is 0 Å². The molecule has 3 nitrogen and oxygen atoms in total. The van der Waals surface area contributed by atoms with Gasteiger partial charge in [0.1, 0.15) is 0 Å². The Morgan fingerprint density at radius 3 is 2.52 bits per heavy atom. The third-order valence-electron chi connectivity index (χ3n) is 6.30. The summed E-state index contributed by atoms with van der Waals surface area (Å²) in [4.78, 5) is 0. The molecule has 0 aromatic carbocycles. The number of allylic oxidation sites excluding steroid dienone is 1. The molecule has 25 heavy (non-hydrogen) atoms. The van der Waals surface area contributed by atoms with Gasteiger partial charge in [-0.2, -0.15) is 0 Å². The van der Waals surface area contributed by atoms with Gasteiger partial charge in [-0.3, -0.25) is 0 Å². The van der Waals surface area contributed by atoms with Gasteiger partial charge < -0.3 is 13.9 Å². The van der Waals surface area contributed by atoms with Crippen LogP contribution in [-0.4, -0.2) is 33.4 Å². The molecule has 0 unspecified atom stereocenters. The first-order valence-corrected chi connectivity index (χ1v) is 12.9. The van der Waals surface area contributed by atoms with Crippen LogP contribution in [0.1, 0.15) is 67.2 Å². The van der Waals surface area contributed by atoms with Crippen LogP contribution in [0.3, 0.4) is 0 Å². The Hall–Kier alpha value is -0.163. The molecule has 0 spiro atoms. The average Bonchev–Trinajstić information content (AvgIpc) is 2.47. The van der Waals surface area contributed by atoms with Crippen molar-refractivity contribution in [1.29, 1.82) is 0 Å². The lowest BCUT2D eigenvalue weighted by Crippen LogP contribution is -2.49. The maximum atomic E-state index is 6.50. The van der Waals surface area contributed by atoms with Crippen LogP contribution in [0.15, 0.2) is 11.6 Å². The highest BCUT2D eigenvalue weighted by Gasteiger charge is 2.41. The lowest BCUT2D eigenvalue weighted by atomic mass is 9.86. The van der Waals surface area contributed by atoms with E-state index in [1.807, 2.05) is 13.8 Å². The van der Waals surface area contributed by atoms with E-state index >= 15 is 0 Å². The van der Waals surface area contributed by atoms with Crippen LogP contribution in [0.2, 0.25) is 18.1 Å². The predicted octanol–water partition coefficient (Wildman–Crippen LogP) is 5.91. The Morgan fingerprint density at radius 1 is 1.28 bits per heavy atom. The third kappa shape index (κ3) is 5.91. The van der Waals surface area contributed by atoms with Crippen molar-refractivity contribution in [3.63, 3.8) is 0 Å². The summed E-state index contributed by atoms with van der Waals surface area (Å²) in [5.41, 5.74) is 1.57. The second-order valence-corrected chi connectivity index (χ2v) is 15.0. The summed E-state index contributed by atoms with van der Waals surface area (Å²) in [7, 11) is -1.74. The highest BCUT2D eigenvalue weighted by Crippen LogP contribution is 2.38. The van der Waals surface area contributed by atoms with Gasteiger partial charge in [-0.15, -0.1) is 0 Å². The topological polar surface area (TPSA) is 27.7 Å². The van der Waals surface area contributed by atoms with Crippen molar-refractivity contribution in [2.24, 2.45) is 11.8 Å². The monoisotopic (exact) mass is 368 g/mol. The normalized spacial score (nSPS) is 30.9. The van der Waals surface area contributed by atoms with Crippen LogP contribution in [0.5, 0.6) is 0 Å². The van der Waals surface area contributed by atoms with Gasteiger partial charge in [0.25, 0.3) is 0 Å². The summed E-state index contributed by atoms with van der Waals surface area (Å²) >= 11 is 0. The summed E-state index contributed by atoms with van der Waals surface area (Å²) in [6.45, 7) is 19.4. The number of ether oxygens (including phenoxy) is 2. The molecule has 3 atom stereocenters. The Bertz CT molecular complexity index is 476. The van der Waals surface area contributed by atoms with Crippen molar-refractivity contribution in [3.8, 4) is 0 Å². The number of rotatable bonds is 5. The molecule has 146 valence electrons. The molecule has 0 aromatic rings. The smallest absolute Gasteiger partial charge is 0.191 e. The second kappa shape index (κ2) is 7.83. The molecule has 1 aliphatic carbocycles. The molecule has 0 aromatic heterocycles. The standard InChI is InChI=1S/C21H40O3Si/c1-16-9-11-17(12-10-16)13-19-18(14-22-21(5,6)24-19)15-23-25(7,8)20(2,3)4/h11,16,18-19H,9-10,12-15H2,1-8H3/t16-,18-,19+/m0/s1. The Kier molecular flexibility index (Phi) is 6.62. The van der Waals surface area contributed by atoms with Gasteiger partial charge in [0.2, 0.25) is 0 Å². The summed E-state index contributed by atoms with van der Waals surface area (Å²) in [6, 6.07) is 0. The summed E-state index contributed by atoms with van der Waals surface area (Å²) in [5.74, 6) is 0.664. The van der Waals surface area contributed by atoms with Crippen molar-refractivity contribution < 1.29 is 13.9 Å². The van der Waals surface area contributed by atoms with E-state index in [1.54, 1.807) is 5.57 Å². The van der Waals surface area contributed by atoms with E-state index in [4.69, 9.17) is 13.9 Å². The molecular formula is C21H40O3Si. The van der Waals surface area contributed by atoms with Crippen LogP contribution >= 0.6 is 0 Å². The van der Waals surface area contributed by atoms with Gasteiger partial charge >= 0.3 is 0 Å². The largest absolute Gasteiger partial charge is 0.416 e. The lowest BCUT2D eigenvalue weighted by Gasteiger charge is -2.44. The number of hydrogen-bond acceptors (Lipinski definition) is 3. The van der Waals surface area contributed by atoms with Gasteiger partial charge in [-0.25, -0.2) is 0 Å². The fourth-order valence-electron chi connectivity index (χ4n) is 3.27. The van der Waals surface area contributed by atoms with Crippen LogP contribution in [0, 0.1) is 11.8 Å². The number of hydrogen-bond donors (Lipinski definition) is 0. The minimum Gasteiger partial charge on any atom is -0.416 e. The van der Waals surface area contributed by atoms with Crippen LogP contribution in [0.4, 0.5) is 0 Å². The quantitative estimate of drug-likeness (QED) is 0.446. The zero-order valence-electron chi connectivity index (χ0n) is 17.8. The van der Waals surface area contributed by atoms with Crippen molar-refractivity contribution in [2.75, 3.05) is 13.2 Å². The van der Waals surface area contributed by atoms with Crippen LogP contribution in [-0.2, 0) is 13.9 Å². The molecule has 0 bridgehead atoms. The second-order valence-electron chi connectivity index (χ2n) is 10.1. The average molecular weight is 369 g/mol. The predicted molar refractivity (Wildman–Crippen MR) is 107 cm³/mol. The minimum atomic E-state index is -1.74. The zero-order valence-corrected chi connectivity index (χ0v) is 18.8. The van der Waals surface area contributed by atoms with E-state index in [0.29, 0.717) is 5.92 Å². The minimum absolute atomic E-state index is 0.202. The van der Waals surface area contributed by atoms with Crippen LogP contribution < -0.4 is 0 Å².